The maximum absolute atomic E-state index is 11.7. The van der Waals surface area contributed by atoms with E-state index >= 15 is 0 Å². The first-order chi connectivity index (χ1) is 8.57. The molecule has 0 aliphatic carbocycles. The van der Waals surface area contributed by atoms with Crippen LogP contribution in [0.1, 0.15) is 33.1 Å². The Labute approximate surface area is 112 Å². The number of sulfone groups is 1. The van der Waals surface area contributed by atoms with Crippen LogP contribution in [0, 0.1) is 5.92 Å². The highest BCUT2D eigenvalue weighted by molar-refractivity contribution is 7.91. The Bertz CT molecular complexity index is 311. The van der Waals surface area contributed by atoms with Gasteiger partial charge < -0.3 is 10.2 Å². The van der Waals surface area contributed by atoms with Gasteiger partial charge in [0.1, 0.15) is 0 Å². The van der Waals surface area contributed by atoms with Gasteiger partial charge in [0.25, 0.3) is 0 Å². The number of piperidine rings is 1. The molecule has 0 unspecified atom stereocenters. The molecule has 1 aliphatic rings. The fourth-order valence-corrected chi connectivity index (χ4v) is 3.85. The zero-order valence-electron chi connectivity index (χ0n) is 11.8. The van der Waals surface area contributed by atoms with Crippen LogP contribution in [0.15, 0.2) is 0 Å². The summed E-state index contributed by atoms with van der Waals surface area (Å²) in [5.74, 6) is 1.39. The van der Waals surface area contributed by atoms with Gasteiger partial charge in [-0.05, 0) is 44.8 Å². The summed E-state index contributed by atoms with van der Waals surface area (Å²) in [7, 11) is -2.83. The van der Waals surface area contributed by atoms with Gasteiger partial charge in [0.15, 0.2) is 9.84 Å². The van der Waals surface area contributed by atoms with Crippen molar-refractivity contribution in [2.45, 2.75) is 33.1 Å². The molecule has 0 bridgehead atoms. The molecule has 4 nitrogen and oxygen atoms in total. The zero-order valence-corrected chi connectivity index (χ0v) is 12.6. The third-order valence-electron chi connectivity index (χ3n) is 3.66. The number of hydrogen-bond donors (Lipinski definition) is 1. The molecule has 5 heteroatoms. The minimum atomic E-state index is -2.83. The molecule has 0 atom stereocenters. The third-order valence-corrected chi connectivity index (χ3v) is 5.49. The van der Waals surface area contributed by atoms with Crippen molar-refractivity contribution in [3.63, 3.8) is 0 Å². The first kappa shape index (κ1) is 15.9. The molecule has 0 aromatic carbocycles. The Morgan fingerprint density at radius 1 is 1.17 bits per heavy atom. The van der Waals surface area contributed by atoms with E-state index in [1.165, 1.54) is 12.8 Å². The topological polar surface area (TPSA) is 49.4 Å². The van der Waals surface area contributed by atoms with Crippen molar-refractivity contribution in [3.8, 4) is 0 Å². The van der Waals surface area contributed by atoms with E-state index in [1.54, 1.807) is 0 Å². The van der Waals surface area contributed by atoms with Gasteiger partial charge in [-0.15, -0.1) is 0 Å². The zero-order chi connectivity index (χ0) is 13.4. The summed E-state index contributed by atoms with van der Waals surface area (Å²) in [6.07, 6.45) is 3.17. The van der Waals surface area contributed by atoms with Crippen molar-refractivity contribution in [3.05, 3.63) is 0 Å². The van der Waals surface area contributed by atoms with Crippen LogP contribution in [0.3, 0.4) is 0 Å². The molecule has 0 aromatic rings. The van der Waals surface area contributed by atoms with Crippen LogP contribution in [0.5, 0.6) is 0 Å². The number of nitrogens with one attached hydrogen (secondary N) is 1. The van der Waals surface area contributed by atoms with Crippen LogP contribution in [-0.4, -0.2) is 57.5 Å². The average Bonchev–Trinajstić information content (AvgIpc) is 2.35. The van der Waals surface area contributed by atoms with Crippen LogP contribution >= 0.6 is 0 Å². The van der Waals surface area contributed by atoms with Crippen LogP contribution in [0.2, 0.25) is 0 Å². The summed E-state index contributed by atoms with van der Waals surface area (Å²) in [4.78, 5) is 2.29. The Balaban J connectivity index is 2.32. The second-order valence-corrected chi connectivity index (χ2v) is 7.54. The molecule has 1 aliphatic heterocycles. The van der Waals surface area contributed by atoms with Gasteiger partial charge in [0.05, 0.1) is 5.75 Å². The monoisotopic (exact) mass is 276 g/mol. The van der Waals surface area contributed by atoms with Crippen molar-refractivity contribution in [1.29, 1.82) is 0 Å². The highest BCUT2D eigenvalue weighted by Crippen LogP contribution is 2.13. The Morgan fingerprint density at radius 3 is 2.39 bits per heavy atom. The smallest absolute Gasteiger partial charge is 0.151 e. The molecule has 0 amide bonds. The Kier molecular flexibility index (Phi) is 7.19. The molecule has 1 N–H and O–H groups in total. The van der Waals surface area contributed by atoms with Gasteiger partial charge in [-0.2, -0.15) is 0 Å². The van der Waals surface area contributed by atoms with Gasteiger partial charge >= 0.3 is 0 Å². The number of rotatable bonds is 8. The summed E-state index contributed by atoms with van der Waals surface area (Å²) >= 11 is 0. The van der Waals surface area contributed by atoms with Crippen LogP contribution < -0.4 is 5.32 Å². The van der Waals surface area contributed by atoms with Crippen molar-refractivity contribution in [1.82, 2.24) is 10.2 Å². The molecular weight excluding hydrogens is 248 g/mol. The lowest BCUT2D eigenvalue weighted by molar-refractivity contribution is 0.223. The molecule has 0 spiro atoms. The SMILES string of the molecule is CCCS(=O)(=O)CCN(CC)CC1CCNCC1. The molecule has 1 heterocycles. The van der Waals surface area contributed by atoms with Gasteiger partial charge in [-0.1, -0.05) is 13.8 Å². The Morgan fingerprint density at radius 2 is 1.83 bits per heavy atom. The molecule has 1 rings (SSSR count). The molecule has 1 saturated heterocycles. The van der Waals surface area contributed by atoms with Gasteiger partial charge in [0.2, 0.25) is 0 Å². The van der Waals surface area contributed by atoms with Gasteiger partial charge in [0, 0.05) is 18.8 Å². The molecule has 0 saturated carbocycles. The maximum atomic E-state index is 11.7. The lowest BCUT2D eigenvalue weighted by Crippen LogP contribution is -2.38. The molecular formula is C13H28N2O2S. The fraction of sp³-hybridized carbons (Fsp3) is 1.00. The highest BCUT2D eigenvalue weighted by atomic mass is 32.2. The average molecular weight is 276 g/mol. The predicted octanol–water partition coefficient (Wildman–Crippen LogP) is 1.13. The van der Waals surface area contributed by atoms with Gasteiger partial charge in [-0.25, -0.2) is 8.42 Å². The number of nitrogens with zero attached hydrogens (tertiary/aromatic N) is 1. The lowest BCUT2D eigenvalue weighted by Gasteiger charge is -2.29. The van der Waals surface area contributed by atoms with E-state index in [9.17, 15) is 8.42 Å². The van der Waals surface area contributed by atoms with Crippen LogP contribution in [-0.2, 0) is 9.84 Å². The van der Waals surface area contributed by atoms with Crippen molar-refractivity contribution >= 4 is 9.84 Å². The molecule has 0 radical (unpaired) electrons. The van der Waals surface area contributed by atoms with E-state index < -0.39 is 9.84 Å². The fourth-order valence-electron chi connectivity index (χ4n) is 2.49. The van der Waals surface area contributed by atoms with Crippen LogP contribution in [0.4, 0.5) is 0 Å². The summed E-state index contributed by atoms with van der Waals surface area (Å²) in [5, 5.41) is 3.36. The first-order valence-corrected chi connectivity index (χ1v) is 9.03. The second kappa shape index (κ2) is 8.12. The standard InChI is InChI=1S/C13H28N2O2S/c1-3-10-18(16,17)11-9-15(4-2)12-13-5-7-14-8-6-13/h13-14H,3-12H2,1-2H3. The summed E-state index contributed by atoms with van der Waals surface area (Å²) < 4.78 is 23.4. The maximum Gasteiger partial charge on any atom is 0.151 e. The second-order valence-electron chi connectivity index (χ2n) is 5.24. The van der Waals surface area contributed by atoms with E-state index in [-0.39, 0.29) is 0 Å². The molecule has 0 aromatic heterocycles. The summed E-state index contributed by atoms with van der Waals surface area (Å²) in [6.45, 7) is 8.96. The minimum absolute atomic E-state index is 0.319. The third kappa shape index (κ3) is 6.16. The first-order valence-electron chi connectivity index (χ1n) is 7.21. The van der Waals surface area contributed by atoms with E-state index in [2.05, 4.69) is 17.1 Å². The molecule has 1 fully saturated rings. The van der Waals surface area contributed by atoms with Gasteiger partial charge in [-0.3, -0.25) is 0 Å². The van der Waals surface area contributed by atoms with E-state index in [0.717, 1.165) is 38.5 Å². The van der Waals surface area contributed by atoms with Crippen molar-refractivity contribution in [2.75, 3.05) is 44.2 Å². The van der Waals surface area contributed by atoms with E-state index in [1.807, 2.05) is 6.92 Å². The molecule has 108 valence electrons. The quantitative estimate of drug-likeness (QED) is 0.722. The largest absolute Gasteiger partial charge is 0.317 e. The minimum Gasteiger partial charge on any atom is -0.317 e. The highest BCUT2D eigenvalue weighted by Gasteiger charge is 2.18. The predicted molar refractivity (Wildman–Crippen MR) is 76.7 cm³/mol. The van der Waals surface area contributed by atoms with E-state index in [0.29, 0.717) is 18.1 Å². The summed E-state index contributed by atoms with van der Waals surface area (Å²) in [6, 6.07) is 0. The Hall–Kier alpha value is -0.130. The lowest BCUT2D eigenvalue weighted by atomic mass is 9.97. The van der Waals surface area contributed by atoms with Crippen molar-refractivity contribution < 1.29 is 8.42 Å². The van der Waals surface area contributed by atoms with Crippen LogP contribution in [0.25, 0.3) is 0 Å². The van der Waals surface area contributed by atoms with Crippen molar-refractivity contribution in [2.24, 2.45) is 5.92 Å². The number of hydrogen-bond acceptors (Lipinski definition) is 4. The molecule has 18 heavy (non-hydrogen) atoms. The summed E-state index contributed by atoms with van der Waals surface area (Å²) in [5.41, 5.74) is 0. The normalized spacial score (nSPS) is 18.4. The van der Waals surface area contributed by atoms with E-state index in [4.69, 9.17) is 0 Å².